The maximum Gasteiger partial charge on any atom is 0.251 e. The molecule has 2 aromatic heterocycles. The van der Waals surface area contributed by atoms with E-state index in [-0.39, 0.29) is 17.9 Å². The van der Waals surface area contributed by atoms with Crippen LogP contribution in [-0.2, 0) is 0 Å². The topological polar surface area (TPSA) is 78.7 Å². The van der Waals surface area contributed by atoms with Gasteiger partial charge in [-0.1, -0.05) is 23.5 Å². The molecule has 1 saturated heterocycles. The summed E-state index contributed by atoms with van der Waals surface area (Å²) in [6.45, 7) is 1.99. The second-order valence-corrected chi connectivity index (χ2v) is 9.30. The van der Waals surface area contributed by atoms with Gasteiger partial charge in [0.2, 0.25) is 0 Å². The molecule has 0 unspecified atom stereocenters. The van der Waals surface area contributed by atoms with Crippen LogP contribution in [0.2, 0.25) is 0 Å². The number of hydrogen-bond acceptors (Lipinski definition) is 5. The monoisotopic (exact) mass is 447 g/mol. The van der Waals surface area contributed by atoms with Gasteiger partial charge in [0.1, 0.15) is 0 Å². The van der Waals surface area contributed by atoms with E-state index in [1.165, 1.54) is 0 Å². The molecule has 0 spiro atoms. The highest BCUT2D eigenvalue weighted by Crippen LogP contribution is 2.30. The van der Waals surface area contributed by atoms with Crippen molar-refractivity contribution in [2.75, 3.05) is 27.2 Å². The summed E-state index contributed by atoms with van der Waals surface area (Å²) in [5.41, 5.74) is 4.13. The zero-order valence-electron chi connectivity index (χ0n) is 18.1. The Morgan fingerprint density at radius 2 is 1.88 bits per heavy atom. The number of hydrogen-bond donors (Lipinski definition) is 2. The number of fused-ring (bicyclic) bond motifs is 3. The number of carbonyl (C=O) groups excluding carboxylic acids is 2. The van der Waals surface area contributed by atoms with Crippen LogP contribution in [-0.4, -0.2) is 59.3 Å². The third-order valence-corrected chi connectivity index (χ3v) is 7.00. The largest absolute Gasteiger partial charge is 0.355 e. The van der Waals surface area contributed by atoms with Crippen LogP contribution >= 0.6 is 11.3 Å². The third kappa shape index (κ3) is 3.87. The highest BCUT2D eigenvalue weighted by molar-refractivity contribution is 7.23. The Hall–Kier alpha value is -3.23. The van der Waals surface area contributed by atoms with Crippen LogP contribution in [0.1, 0.15) is 33.6 Å². The summed E-state index contributed by atoms with van der Waals surface area (Å²) in [4.78, 5) is 32.4. The SMILES string of the molecule is CNC(=O)c1ccc(-c2cn3c(n2)sc2cc(C(=O)N[C@@H]4CCCN(C)C4)ccc23)cc1. The fraction of sp³-hybridized carbons (Fsp3) is 0.292. The van der Waals surface area contributed by atoms with Gasteiger partial charge in [-0.15, -0.1) is 0 Å². The van der Waals surface area contributed by atoms with E-state index in [0.717, 1.165) is 52.4 Å². The molecule has 32 heavy (non-hydrogen) atoms. The molecule has 1 aliphatic heterocycles. The molecule has 2 aromatic carbocycles. The summed E-state index contributed by atoms with van der Waals surface area (Å²) in [6, 6.07) is 13.4. The Balaban J connectivity index is 1.38. The number of nitrogens with one attached hydrogen (secondary N) is 2. The zero-order chi connectivity index (χ0) is 22.2. The van der Waals surface area contributed by atoms with Crippen LogP contribution in [0.4, 0.5) is 0 Å². The summed E-state index contributed by atoms with van der Waals surface area (Å²) in [6.07, 6.45) is 4.14. The van der Waals surface area contributed by atoms with E-state index in [0.29, 0.717) is 11.1 Å². The average Bonchev–Trinajstić information content (AvgIpc) is 3.36. The van der Waals surface area contributed by atoms with Crippen molar-refractivity contribution in [2.45, 2.75) is 18.9 Å². The van der Waals surface area contributed by atoms with Crippen molar-refractivity contribution < 1.29 is 9.59 Å². The number of likely N-dealkylation sites (tertiary alicyclic amines) is 1. The summed E-state index contributed by atoms with van der Waals surface area (Å²) >= 11 is 1.57. The molecule has 0 radical (unpaired) electrons. The molecule has 2 amide bonds. The van der Waals surface area contributed by atoms with Gasteiger partial charge in [0.05, 0.1) is 15.9 Å². The maximum absolute atomic E-state index is 12.8. The minimum absolute atomic E-state index is 0.0184. The van der Waals surface area contributed by atoms with Crippen LogP contribution in [0, 0.1) is 0 Å². The fourth-order valence-electron chi connectivity index (χ4n) is 4.27. The van der Waals surface area contributed by atoms with E-state index in [9.17, 15) is 9.59 Å². The number of imidazole rings is 1. The predicted molar refractivity (Wildman–Crippen MR) is 127 cm³/mol. The van der Waals surface area contributed by atoms with Crippen LogP contribution in [0.15, 0.2) is 48.7 Å². The van der Waals surface area contributed by atoms with Crippen molar-refractivity contribution in [3.05, 3.63) is 59.8 Å². The molecule has 1 atom stereocenters. The Bertz CT molecular complexity index is 1310. The average molecular weight is 448 g/mol. The first-order valence-corrected chi connectivity index (χ1v) is 11.6. The number of carbonyl (C=O) groups is 2. The van der Waals surface area contributed by atoms with Crippen molar-refractivity contribution in [1.29, 1.82) is 0 Å². The van der Waals surface area contributed by atoms with E-state index in [1.54, 1.807) is 30.5 Å². The second kappa shape index (κ2) is 8.37. The third-order valence-electron chi connectivity index (χ3n) is 5.99. The van der Waals surface area contributed by atoms with Gasteiger partial charge in [0, 0.05) is 42.5 Å². The van der Waals surface area contributed by atoms with Gasteiger partial charge in [-0.3, -0.25) is 14.0 Å². The number of benzene rings is 2. The molecule has 8 heteroatoms. The lowest BCUT2D eigenvalue weighted by molar-refractivity contribution is 0.0911. The highest BCUT2D eigenvalue weighted by Gasteiger charge is 2.20. The normalized spacial score (nSPS) is 17.0. The molecule has 0 aliphatic carbocycles. The van der Waals surface area contributed by atoms with E-state index < -0.39 is 0 Å². The van der Waals surface area contributed by atoms with Crippen LogP contribution < -0.4 is 10.6 Å². The van der Waals surface area contributed by atoms with Gasteiger partial charge in [-0.25, -0.2) is 4.98 Å². The number of rotatable bonds is 4. The number of thiazole rings is 1. The number of nitrogens with zero attached hydrogens (tertiary/aromatic N) is 3. The lowest BCUT2D eigenvalue weighted by atomic mass is 10.1. The molecular formula is C24H25N5O2S. The van der Waals surface area contributed by atoms with Crippen molar-refractivity contribution in [3.63, 3.8) is 0 Å². The van der Waals surface area contributed by atoms with Gasteiger partial charge in [-0.2, -0.15) is 0 Å². The fourth-order valence-corrected chi connectivity index (χ4v) is 5.32. The van der Waals surface area contributed by atoms with Crippen molar-refractivity contribution in [2.24, 2.45) is 0 Å². The highest BCUT2D eigenvalue weighted by atomic mass is 32.1. The minimum atomic E-state index is -0.108. The first kappa shape index (κ1) is 20.7. The van der Waals surface area contributed by atoms with Gasteiger partial charge in [0.25, 0.3) is 11.8 Å². The number of piperidine rings is 1. The molecule has 2 N–H and O–H groups in total. The predicted octanol–water partition coefficient (Wildman–Crippen LogP) is 3.40. The van der Waals surface area contributed by atoms with E-state index >= 15 is 0 Å². The summed E-state index contributed by atoms with van der Waals surface area (Å²) in [5.74, 6) is -0.126. The first-order valence-electron chi connectivity index (χ1n) is 10.8. The lowest BCUT2D eigenvalue weighted by Crippen LogP contribution is -2.46. The van der Waals surface area contributed by atoms with E-state index in [1.807, 2.05) is 36.5 Å². The van der Waals surface area contributed by atoms with Crippen molar-refractivity contribution in [3.8, 4) is 11.3 Å². The maximum atomic E-state index is 12.8. The molecule has 5 rings (SSSR count). The molecule has 4 aromatic rings. The Labute approximate surface area is 190 Å². The Morgan fingerprint density at radius 3 is 2.62 bits per heavy atom. The van der Waals surface area contributed by atoms with Crippen LogP contribution in [0.3, 0.4) is 0 Å². The van der Waals surface area contributed by atoms with Crippen LogP contribution in [0.5, 0.6) is 0 Å². The lowest BCUT2D eigenvalue weighted by Gasteiger charge is -2.30. The molecule has 1 aliphatic rings. The quantitative estimate of drug-likeness (QED) is 0.503. The molecular weight excluding hydrogens is 422 g/mol. The Morgan fingerprint density at radius 1 is 1.09 bits per heavy atom. The van der Waals surface area contributed by atoms with E-state index in [2.05, 4.69) is 27.0 Å². The minimum Gasteiger partial charge on any atom is -0.355 e. The molecule has 164 valence electrons. The molecule has 3 heterocycles. The number of amides is 2. The van der Waals surface area contributed by atoms with Crippen molar-refractivity contribution >= 4 is 38.3 Å². The van der Waals surface area contributed by atoms with E-state index in [4.69, 9.17) is 4.98 Å². The summed E-state index contributed by atoms with van der Waals surface area (Å²) in [5, 5.41) is 5.81. The molecule has 0 saturated carbocycles. The zero-order valence-corrected chi connectivity index (χ0v) is 18.9. The standard InChI is InChI=1S/C24H25N5O2S/c1-25-22(30)16-7-5-15(6-8-16)19-14-29-20-10-9-17(12-21(20)32-24(29)27-19)23(31)26-18-4-3-11-28(2)13-18/h5-10,12,14,18H,3-4,11,13H2,1-2H3,(H,25,30)(H,26,31)/t18-/m1/s1. The number of aromatic nitrogens is 2. The molecule has 0 bridgehead atoms. The van der Waals surface area contributed by atoms with Gasteiger partial charge in [0.15, 0.2) is 4.96 Å². The van der Waals surface area contributed by atoms with Gasteiger partial charge < -0.3 is 15.5 Å². The first-order chi connectivity index (χ1) is 15.5. The van der Waals surface area contributed by atoms with Crippen molar-refractivity contribution in [1.82, 2.24) is 24.9 Å². The Kier molecular flexibility index (Phi) is 5.40. The molecule has 7 nitrogen and oxygen atoms in total. The van der Waals surface area contributed by atoms with Crippen LogP contribution in [0.25, 0.3) is 26.4 Å². The summed E-state index contributed by atoms with van der Waals surface area (Å²) < 4.78 is 3.09. The van der Waals surface area contributed by atoms with Gasteiger partial charge >= 0.3 is 0 Å². The number of likely N-dealkylation sites (N-methyl/N-ethyl adjacent to an activating group) is 1. The smallest absolute Gasteiger partial charge is 0.251 e. The summed E-state index contributed by atoms with van der Waals surface area (Å²) in [7, 11) is 3.71. The van der Waals surface area contributed by atoms with Gasteiger partial charge in [-0.05, 0) is 56.8 Å². The second-order valence-electron chi connectivity index (χ2n) is 8.29. The molecule has 1 fully saturated rings.